The van der Waals surface area contributed by atoms with Gasteiger partial charge in [-0.3, -0.25) is 0 Å². The molecular formula is C17H22ClN5OS. The van der Waals surface area contributed by atoms with Gasteiger partial charge in [0.15, 0.2) is 5.82 Å². The van der Waals surface area contributed by atoms with Crippen LogP contribution in [0.1, 0.15) is 31.2 Å². The number of thiol groups is 1. The van der Waals surface area contributed by atoms with E-state index in [0.29, 0.717) is 16.6 Å². The summed E-state index contributed by atoms with van der Waals surface area (Å²) in [4.78, 5) is 6.85. The van der Waals surface area contributed by atoms with Crippen LogP contribution in [0.4, 0.5) is 5.82 Å². The Morgan fingerprint density at radius 3 is 2.84 bits per heavy atom. The molecule has 6 nitrogen and oxygen atoms in total. The van der Waals surface area contributed by atoms with Crippen molar-refractivity contribution in [3.63, 3.8) is 0 Å². The zero-order valence-electron chi connectivity index (χ0n) is 14.2. The van der Waals surface area contributed by atoms with Crippen LogP contribution >= 0.6 is 11.6 Å². The van der Waals surface area contributed by atoms with Crippen molar-refractivity contribution in [1.29, 1.82) is 0 Å². The average molecular weight is 380 g/mol. The summed E-state index contributed by atoms with van der Waals surface area (Å²) in [5.74, 6) is 1.76. The van der Waals surface area contributed by atoms with E-state index in [1.165, 1.54) is 12.8 Å². The van der Waals surface area contributed by atoms with Crippen molar-refractivity contribution in [1.82, 2.24) is 18.9 Å². The fourth-order valence-electron chi connectivity index (χ4n) is 4.53. The molecule has 0 radical (unpaired) electrons. The minimum Gasteiger partial charge on any atom is -0.354 e. The Morgan fingerprint density at radius 1 is 1.40 bits per heavy atom. The molecule has 25 heavy (non-hydrogen) atoms. The van der Waals surface area contributed by atoms with Crippen LogP contribution in [0, 0.1) is 18.3 Å². The summed E-state index contributed by atoms with van der Waals surface area (Å²) in [5.41, 5.74) is 2.49. The summed E-state index contributed by atoms with van der Waals surface area (Å²) in [6.45, 7) is 5.09. The molecule has 1 spiro atoms. The van der Waals surface area contributed by atoms with Crippen molar-refractivity contribution in [2.45, 2.75) is 38.6 Å². The van der Waals surface area contributed by atoms with Crippen LogP contribution in [-0.2, 0) is 11.9 Å². The van der Waals surface area contributed by atoms with E-state index in [1.54, 1.807) is 10.8 Å². The van der Waals surface area contributed by atoms with Crippen LogP contribution in [0.5, 0.6) is 0 Å². The number of aryl methyl sites for hydroxylation is 1. The van der Waals surface area contributed by atoms with Gasteiger partial charge in [-0.2, -0.15) is 5.10 Å². The molecule has 3 fully saturated rings. The summed E-state index contributed by atoms with van der Waals surface area (Å²) in [6, 6.07) is 2.42. The normalized spacial score (nSPS) is 22.6. The molecule has 0 atom stereocenters. The smallest absolute Gasteiger partial charge is 0.156 e. The van der Waals surface area contributed by atoms with E-state index in [0.717, 1.165) is 55.3 Å². The van der Waals surface area contributed by atoms with E-state index in [-0.39, 0.29) is 11.9 Å². The summed E-state index contributed by atoms with van der Waals surface area (Å²) in [5, 5.41) is 4.88. The Bertz CT molecular complexity index is 837. The summed E-state index contributed by atoms with van der Waals surface area (Å²) in [6.07, 6.45) is 6.48. The predicted octanol–water partition coefficient (Wildman–Crippen LogP) is 2.23. The summed E-state index contributed by atoms with van der Waals surface area (Å²) in [7, 11) is 0. The fraction of sp³-hybridized carbons (Fsp3) is 0.647. The lowest BCUT2D eigenvalue weighted by molar-refractivity contribution is 0.0150. The lowest BCUT2D eigenvalue weighted by Crippen LogP contribution is -2.66. The van der Waals surface area contributed by atoms with E-state index in [2.05, 4.69) is 19.3 Å². The van der Waals surface area contributed by atoms with Crippen molar-refractivity contribution < 1.29 is 4.21 Å². The number of fused-ring (bicyclic) bond motifs is 1. The van der Waals surface area contributed by atoms with Gasteiger partial charge >= 0.3 is 0 Å². The average Bonchev–Trinajstić information content (AvgIpc) is 3.29. The molecular weight excluding hydrogens is 358 g/mol. The molecule has 0 bridgehead atoms. The lowest BCUT2D eigenvalue weighted by Gasteiger charge is -2.60. The topological polar surface area (TPSA) is 53.7 Å². The molecule has 5 rings (SSSR count). The van der Waals surface area contributed by atoms with E-state index in [1.807, 2.05) is 13.0 Å². The lowest BCUT2D eigenvalue weighted by atomic mass is 9.60. The molecule has 3 heterocycles. The minimum atomic E-state index is 0.200. The third-order valence-corrected chi connectivity index (χ3v) is 7.01. The van der Waals surface area contributed by atoms with Gasteiger partial charge in [-0.15, -0.1) is 0 Å². The maximum Gasteiger partial charge on any atom is 0.156 e. The molecule has 8 heteroatoms. The number of aromatic nitrogens is 3. The predicted molar refractivity (Wildman–Crippen MR) is 99.4 cm³/mol. The summed E-state index contributed by atoms with van der Waals surface area (Å²) < 4.78 is 15.4. The highest BCUT2D eigenvalue weighted by atomic mass is 35.5. The molecule has 2 aromatic rings. The second-order valence-electron chi connectivity index (χ2n) is 8.06. The van der Waals surface area contributed by atoms with Crippen LogP contribution in [0.3, 0.4) is 0 Å². The van der Waals surface area contributed by atoms with Crippen molar-refractivity contribution in [3.8, 4) is 0 Å². The first-order valence-electron chi connectivity index (χ1n) is 8.92. The first-order chi connectivity index (χ1) is 12.1. The van der Waals surface area contributed by atoms with Crippen molar-refractivity contribution in [2.75, 3.05) is 24.5 Å². The molecule has 0 unspecified atom stereocenters. The van der Waals surface area contributed by atoms with Gasteiger partial charge in [0.1, 0.15) is 17.0 Å². The quantitative estimate of drug-likeness (QED) is 0.809. The van der Waals surface area contributed by atoms with E-state index in [9.17, 15) is 4.21 Å². The SMILES string of the molecule is Cc1cc(Cl)n2ncnc(N3CC4(CC(N(CC5CC5)[SH]=O)C4)C3)c12. The monoisotopic (exact) mass is 379 g/mol. The first-order valence-corrected chi connectivity index (χ1v) is 10.1. The van der Waals surface area contributed by atoms with Crippen LogP contribution in [0.2, 0.25) is 5.15 Å². The maximum absolute atomic E-state index is 11.5. The van der Waals surface area contributed by atoms with Gasteiger partial charge in [-0.05, 0) is 50.2 Å². The van der Waals surface area contributed by atoms with Gasteiger partial charge in [-0.25, -0.2) is 18.0 Å². The van der Waals surface area contributed by atoms with Gasteiger partial charge in [0.05, 0.1) is 11.9 Å². The summed E-state index contributed by atoms with van der Waals surface area (Å²) >= 11 is 6.44. The Morgan fingerprint density at radius 2 is 2.16 bits per heavy atom. The second-order valence-corrected chi connectivity index (χ2v) is 9.12. The molecule has 3 aliphatic rings. The van der Waals surface area contributed by atoms with Crippen molar-refractivity contribution in [2.24, 2.45) is 11.3 Å². The number of nitrogens with zero attached hydrogens (tertiary/aromatic N) is 5. The first kappa shape index (κ1) is 16.0. The molecule has 2 aromatic heterocycles. The van der Waals surface area contributed by atoms with Crippen LogP contribution in [-0.4, -0.2) is 48.8 Å². The second kappa shape index (κ2) is 5.66. The highest BCUT2D eigenvalue weighted by Crippen LogP contribution is 2.52. The van der Waals surface area contributed by atoms with Crippen molar-refractivity contribution in [3.05, 3.63) is 23.1 Å². The van der Waals surface area contributed by atoms with Crippen molar-refractivity contribution >= 4 is 34.8 Å². The Balaban J connectivity index is 1.28. The number of rotatable bonds is 5. The van der Waals surface area contributed by atoms with Crippen LogP contribution < -0.4 is 4.90 Å². The molecule has 134 valence electrons. The minimum absolute atomic E-state index is 0.200. The zero-order chi connectivity index (χ0) is 17.2. The molecule has 1 aliphatic heterocycles. The van der Waals surface area contributed by atoms with Crippen LogP contribution in [0.15, 0.2) is 12.4 Å². The van der Waals surface area contributed by atoms with E-state index >= 15 is 0 Å². The van der Waals surface area contributed by atoms with Gasteiger partial charge in [0.25, 0.3) is 0 Å². The number of hydrogen-bond donors (Lipinski definition) is 1. The molecule has 0 N–H and O–H groups in total. The third kappa shape index (κ3) is 2.59. The standard InChI is InChI=1S/C17H22ClN5OS/c1-11-4-14(18)23-15(11)16(19-10-20-23)21-8-17(9-21)5-13(6-17)22(25-24)7-12-2-3-12/h4,10,12-13,25H,2-3,5-9H2,1H3. The Hall–Kier alpha value is -1.18. The number of hydrogen-bond acceptors (Lipinski definition) is 4. The molecule has 0 aromatic carbocycles. The number of anilines is 1. The van der Waals surface area contributed by atoms with E-state index in [4.69, 9.17) is 11.6 Å². The van der Waals surface area contributed by atoms with Gasteiger partial charge < -0.3 is 4.90 Å². The largest absolute Gasteiger partial charge is 0.354 e. The van der Waals surface area contributed by atoms with Gasteiger partial charge in [-0.1, -0.05) is 11.6 Å². The molecule has 1 saturated heterocycles. The zero-order valence-corrected chi connectivity index (χ0v) is 15.9. The fourth-order valence-corrected chi connectivity index (χ4v) is 5.41. The Kier molecular flexibility index (Phi) is 3.63. The third-order valence-electron chi connectivity index (χ3n) is 6.04. The van der Waals surface area contributed by atoms with Gasteiger partial charge in [0.2, 0.25) is 0 Å². The van der Waals surface area contributed by atoms with E-state index < -0.39 is 0 Å². The highest BCUT2D eigenvalue weighted by molar-refractivity contribution is 7.63. The molecule has 2 saturated carbocycles. The number of halogens is 1. The highest BCUT2D eigenvalue weighted by Gasteiger charge is 2.54. The van der Waals surface area contributed by atoms with Gasteiger partial charge in [0, 0.05) is 31.1 Å². The Labute approximate surface area is 155 Å². The van der Waals surface area contributed by atoms with Crippen LogP contribution in [0.25, 0.3) is 5.52 Å². The molecule has 2 aliphatic carbocycles. The maximum atomic E-state index is 11.5. The molecule has 0 amide bonds.